The summed E-state index contributed by atoms with van der Waals surface area (Å²) in [5.41, 5.74) is 3.26. The molecule has 0 radical (unpaired) electrons. The van der Waals surface area contributed by atoms with Gasteiger partial charge in [0.2, 0.25) is 0 Å². The van der Waals surface area contributed by atoms with Crippen LogP contribution in [0.4, 0.5) is 0 Å². The maximum Gasteiger partial charge on any atom is 0.184 e. The number of hydrogen-bond acceptors (Lipinski definition) is 1. The molecule has 0 aliphatic carbocycles. The van der Waals surface area contributed by atoms with Crippen molar-refractivity contribution in [3.8, 4) is 22.5 Å². The third-order valence-corrected chi connectivity index (χ3v) is 4.76. The minimum atomic E-state index is 0.713. The zero-order valence-corrected chi connectivity index (χ0v) is 13.1. The van der Waals surface area contributed by atoms with Crippen molar-refractivity contribution in [3.63, 3.8) is 0 Å². The minimum absolute atomic E-state index is 0.713. The summed E-state index contributed by atoms with van der Waals surface area (Å²) < 4.78 is 7.51. The number of hydrogen-bond donors (Lipinski definition) is 0. The molecule has 3 rings (SSSR count). The molecule has 94 valence electrons. The van der Waals surface area contributed by atoms with Gasteiger partial charge in [-0.05, 0) is 37.4 Å². The molecule has 1 heterocycles. The highest BCUT2D eigenvalue weighted by molar-refractivity contribution is 9.13. The first-order valence-electron chi connectivity index (χ1n) is 5.86. The van der Waals surface area contributed by atoms with Gasteiger partial charge < -0.3 is 4.42 Å². The van der Waals surface area contributed by atoms with Crippen molar-refractivity contribution >= 4 is 31.9 Å². The minimum Gasteiger partial charge on any atom is -0.447 e. The van der Waals surface area contributed by atoms with E-state index in [2.05, 4.69) is 44.0 Å². The van der Waals surface area contributed by atoms with E-state index in [1.807, 2.05) is 48.5 Å². The molecule has 0 saturated carbocycles. The predicted octanol–water partition coefficient (Wildman–Crippen LogP) is 6.14. The first-order valence-corrected chi connectivity index (χ1v) is 7.44. The summed E-state index contributed by atoms with van der Waals surface area (Å²) in [5.74, 6) is 0.866. The van der Waals surface area contributed by atoms with Crippen LogP contribution in [-0.4, -0.2) is 0 Å². The van der Waals surface area contributed by atoms with E-state index in [4.69, 9.17) is 4.42 Å². The van der Waals surface area contributed by atoms with E-state index in [9.17, 15) is 0 Å². The zero-order valence-electron chi connectivity index (χ0n) is 9.94. The molecule has 0 fully saturated rings. The highest BCUT2D eigenvalue weighted by Gasteiger charge is 2.19. The average molecular weight is 378 g/mol. The first-order chi connectivity index (χ1) is 9.27. The van der Waals surface area contributed by atoms with Crippen LogP contribution in [-0.2, 0) is 0 Å². The van der Waals surface area contributed by atoms with Crippen molar-refractivity contribution in [2.24, 2.45) is 0 Å². The molecule has 3 aromatic rings. The number of halogens is 2. The summed E-state index contributed by atoms with van der Waals surface area (Å²) in [7, 11) is 0. The maximum absolute atomic E-state index is 5.86. The van der Waals surface area contributed by atoms with Crippen molar-refractivity contribution in [1.29, 1.82) is 0 Å². The van der Waals surface area contributed by atoms with E-state index < -0.39 is 0 Å². The lowest BCUT2D eigenvalue weighted by Crippen LogP contribution is -1.80. The van der Waals surface area contributed by atoms with Crippen LogP contribution >= 0.6 is 31.9 Å². The fraction of sp³-hybridized carbons (Fsp3) is 0. The van der Waals surface area contributed by atoms with Crippen molar-refractivity contribution in [2.45, 2.75) is 0 Å². The van der Waals surface area contributed by atoms with Gasteiger partial charge in [0.25, 0.3) is 0 Å². The molecule has 0 aliphatic rings. The third-order valence-electron chi connectivity index (χ3n) is 2.91. The molecule has 0 amide bonds. The second-order valence-corrected chi connectivity index (χ2v) is 5.64. The van der Waals surface area contributed by atoms with E-state index in [-0.39, 0.29) is 0 Å². The molecule has 1 aromatic heterocycles. The van der Waals surface area contributed by atoms with Crippen LogP contribution in [0, 0.1) is 0 Å². The maximum atomic E-state index is 5.86. The molecular formula is C16H10Br2O. The smallest absolute Gasteiger partial charge is 0.184 e. The summed E-state index contributed by atoms with van der Waals surface area (Å²) in [5, 5.41) is 0. The van der Waals surface area contributed by atoms with Gasteiger partial charge in [-0.3, -0.25) is 0 Å². The first kappa shape index (κ1) is 12.7. The average Bonchev–Trinajstić information content (AvgIpc) is 2.77. The summed E-state index contributed by atoms with van der Waals surface area (Å²) in [6, 6.07) is 20.3. The van der Waals surface area contributed by atoms with E-state index in [0.717, 1.165) is 26.9 Å². The molecule has 0 aliphatic heterocycles. The van der Waals surface area contributed by atoms with Crippen molar-refractivity contribution < 1.29 is 4.42 Å². The lowest BCUT2D eigenvalue weighted by molar-refractivity contribution is 0.554. The van der Waals surface area contributed by atoms with Gasteiger partial charge in [0.15, 0.2) is 4.67 Å². The fourth-order valence-corrected chi connectivity index (χ4v) is 2.89. The van der Waals surface area contributed by atoms with Crippen molar-refractivity contribution in [2.75, 3.05) is 0 Å². The Morgan fingerprint density at radius 1 is 0.684 bits per heavy atom. The number of rotatable bonds is 2. The SMILES string of the molecule is Brc1oc(-c2ccccc2)c(-c2ccccc2)c1Br. The number of furan rings is 1. The van der Waals surface area contributed by atoms with Crippen LogP contribution in [0.5, 0.6) is 0 Å². The molecule has 0 N–H and O–H groups in total. The molecule has 0 saturated heterocycles. The summed E-state index contributed by atoms with van der Waals surface area (Å²) in [4.78, 5) is 0. The lowest BCUT2D eigenvalue weighted by Gasteiger charge is -2.03. The van der Waals surface area contributed by atoms with Gasteiger partial charge in [0.05, 0.1) is 4.47 Å². The van der Waals surface area contributed by atoms with Crippen LogP contribution in [0.3, 0.4) is 0 Å². The quantitative estimate of drug-likeness (QED) is 0.522. The van der Waals surface area contributed by atoms with Gasteiger partial charge in [0.1, 0.15) is 5.76 Å². The van der Waals surface area contributed by atoms with Crippen LogP contribution in [0.25, 0.3) is 22.5 Å². The zero-order chi connectivity index (χ0) is 13.2. The molecule has 2 aromatic carbocycles. The van der Waals surface area contributed by atoms with Gasteiger partial charge in [-0.1, -0.05) is 60.7 Å². The van der Waals surface area contributed by atoms with E-state index in [1.165, 1.54) is 0 Å². The normalized spacial score (nSPS) is 10.6. The topological polar surface area (TPSA) is 13.1 Å². The van der Waals surface area contributed by atoms with Crippen molar-refractivity contribution in [3.05, 3.63) is 69.8 Å². The molecule has 0 atom stereocenters. The van der Waals surface area contributed by atoms with Gasteiger partial charge in [-0.15, -0.1) is 0 Å². The Morgan fingerprint density at radius 2 is 1.21 bits per heavy atom. The molecule has 19 heavy (non-hydrogen) atoms. The standard InChI is InChI=1S/C16H10Br2O/c17-14-13(11-7-3-1-4-8-11)15(19-16(14)18)12-9-5-2-6-10-12/h1-10H. The lowest BCUT2D eigenvalue weighted by atomic mass is 10.0. The Kier molecular flexibility index (Phi) is 3.58. The predicted molar refractivity (Wildman–Crippen MR) is 85.0 cm³/mol. The van der Waals surface area contributed by atoms with Crippen LogP contribution < -0.4 is 0 Å². The molecular weight excluding hydrogens is 368 g/mol. The Bertz CT molecular complexity index is 688. The Hall–Kier alpha value is -1.32. The Morgan fingerprint density at radius 3 is 1.79 bits per heavy atom. The van der Waals surface area contributed by atoms with Crippen LogP contribution in [0.15, 0.2) is 74.2 Å². The fourth-order valence-electron chi connectivity index (χ4n) is 2.04. The number of benzene rings is 2. The van der Waals surface area contributed by atoms with E-state index in [1.54, 1.807) is 0 Å². The van der Waals surface area contributed by atoms with Gasteiger partial charge in [-0.25, -0.2) is 0 Å². The third kappa shape index (κ3) is 2.40. The molecule has 0 bridgehead atoms. The second kappa shape index (κ2) is 5.35. The van der Waals surface area contributed by atoms with Crippen molar-refractivity contribution in [1.82, 2.24) is 0 Å². The van der Waals surface area contributed by atoms with Crippen LogP contribution in [0.1, 0.15) is 0 Å². The Balaban J connectivity index is 2.25. The molecule has 3 heteroatoms. The highest BCUT2D eigenvalue weighted by Crippen LogP contribution is 2.44. The van der Waals surface area contributed by atoms with Gasteiger partial charge >= 0.3 is 0 Å². The largest absolute Gasteiger partial charge is 0.447 e. The van der Waals surface area contributed by atoms with Crippen LogP contribution in [0.2, 0.25) is 0 Å². The summed E-state index contributed by atoms with van der Waals surface area (Å²) >= 11 is 7.04. The summed E-state index contributed by atoms with van der Waals surface area (Å²) in [6.07, 6.45) is 0. The molecule has 0 spiro atoms. The van der Waals surface area contributed by atoms with E-state index in [0.29, 0.717) is 4.67 Å². The second-order valence-electron chi connectivity index (χ2n) is 4.13. The van der Waals surface area contributed by atoms with Gasteiger partial charge in [0, 0.05) is 11.1 Å². The summed E-state index contributed by atoms with van der Waals surface area (Å²) in [6.45, 7) is 0. The Labute approximate surface area is 128 Å². The monoisotopic (exact) mass is 376 g/mol. The molecule has 0 unspecified atom stereocenters. The highest BCUT2D eigenvalue weighted by atomic mass is 79.9. The van der Waals surface area contributed by atoms with E-state index >= 15 is 0 Å². The van der Waals surface area contributed by atoms with Gasteiger partial charge in [-0.2, -0.15) is 0 Å². The molecule has 1 nitrogen and oxygen atoms in total.